The van der Waals surface area contributed by atoms with Crippen molar-refractivity contribution >= 4 is 17.3 Å². The Morgan fingerprint density at radius 1 is 0.743 bits per heavy atom. The number of allylic oxidation sites excluding steroid dienone is 2. The van der Waals surface area contributed by atoms with Gasteiger partial charge >= 0.3 is 0 Å². The summed E-state index contributed by atoms with van der Waals surface area (Å²) in [7, 11) is 0. The highest BCUT2D eigenvalue weighted by atomic mass is 16.3. The third-order valence-electron chi connectivity index (χ3n) is 12.1. The molecule has 0 saturated heterocycles. The molecule has 5 heteroatoms. The van der Waals surface area contributed by atoms with Gasteiger partial charge in [0.1, 0.15) is 11.6 Å². The standard InChI is InChI=1S/C30H44O5/c1-25(2)14-19-28(6)12-17(32)24-27(5)10-9-20(33)26(3,4)23(27)16(31)13-30(24,8)18(28)11-21(34)29(19,7)15-22(25)35/h11,16-17,19,23-24,31-32H,9-10,12-15H2,1-8H3. The number of rotatable bonds is 0. The molecule has 194 valence electrons. The molecule has 0 radical (unpaired) electrons. The number of ketones is 3. The van der Waals surface area contributed by atoms with Gasteiger partial charge in [0.2, 0.25) is 0 Å². The molecule has 0 aromatic heterocycles. The van der Waals surface area contributed by atoms with Gasteiger partial charge in [-0.15, -0.1) is 0 Å². The molecule has 0 heterocycles. The van der Waals surface area contributed by atoms with Crippen molar-refractivity contribution in [1.82, 2.24) is 0 Å². The maximum atomic E-state index is 13.8. The molecule has 4 saturated carbocycles. The van der Waals surface area contributed by atoms with Gasteiger partial charge in [0.15, 0.2) is 5.78 Å². The van der Waals surface area contributed by atoms with E-state index in [4.69, 9.17) is 0 Å². The molecule has 2 N–H and O–H groups in total. The van der Waals surface area contributed by atoms with Crippen LogP contribution in [0, 0.1) is 50.2 Å². The number of hydrogen-bond donors (Lipinski definition) is 2. The largest absolute Gasteiger partial charge is 0.393 e. The van der Waals surface area contributed by atoms with Crippen LogP contribution in [0.5, 0.6) is 0 Å². The minimum Gasteiger partial charge on any atom is -0.393 e. The molecular formula is C30H44O5. The van der Waals surface area contributed by atoms with Crippen LogP contribution in [0.1, 0.15) is 93.9 Å². The van der Waals surface area contributed by atoms with Crippen LogP contribution in [0.3, 0.4) is 0 Å². The Morgan fingerprint density at radius 2 is 1.31 bits per heavy atom. The van der Waals surface area contributed by atoms with Gasteiger partial charge in [-0.2, -0.15) is 0 Å². The molecule has 0 spiro atoms. The first kappa shape index (κ1) is 25.3. The molecular weight excluding hydrogens is 440 g/mol. The third-order valence-corrected chi connectivity index (χ3v) is 12.1. The molecule has 4 fully saturated rings. The average Bonchev–Trinajstić information content (AvgIpc) is 2.69. The van der Waals surface area contributed by atoms with Gasteiger partial charge in [0.25, 0.3) is 0 Å². The highest BCUT2D eigenvalue weighted by Crippen LogP contribution is 2.74. The molecule has 5 aliphatic carbocycles. The van der Waals surface area contributed by atoms with Crippen molar-refractivity contribution in [2.75, 3.05) is 0 Å². The van der Waals surface area contributed by atoms with Crippen molar-refractivity contribution in [2.24, 2.45) is 50.2 Å². The molecule has 0 bridgehead atoms. The fourth-order valence-corrected chi connectivity index (χ4v) is 10.7. The molecule has 9 unspecified atom stereocenters. The Balaban J connectivity index is 1.68. The lowest BCUT2D eigenvalue weighted by Gasteiger charge is -2.70. The summed E-state index contributed by atoms with van der Waals surface area (Å²) in [6.45, 7) is 16.4. The van der Waals surface area contributed by atoms with Crippen LogP contribution in [0.25, 0.3) is 0 Å². The molecule has 35 heavy (non-hydrogen) atoms. The van der Waals surface area contributed by atoms with Gasteiger partial charge in [-0.3, -0.25) is 14.4 Å². The molecule has 0 aromatic rings. The molecule has 9 atom stereocenters. The second kappa shape index (κ2) is 6.95. The van der Waals surface area contributed by atoms with Crippen LogP contribution in [-0.4, -0.2) is 39.8 Å². The monoisotopic (exact) mass is 484 g/mol. The minimum absolute atomic E-state index is 0.0242. The molecule has 5 nitrogen and oxygen atoms in total. The Morgan fingerprint density at radius 3 is 1.94 bits per heavy atom. The molecule has 0 amide bonds. The van der Waals surface area contributed by atoms with Crippen LogP contribution in [0.4, 0.5) is 0 Å². The summed E-state index contributed by atoms with van der Waals surface area (Å²) in [4.78, 5) is 39.7. The zero-order chi connectivity index (χ0) is 26.1. The first-order chi connectivity index (χ1) is 15.9. The third kappa shape index (κ3) is 2.92. The van der Waals surface area contributed by atoms with E-state index in [2.05, 4.69) is 20.8 Å². The number of fused-ring (bicyclic) bond motifs is 7. The highest BCUT2D eigenvalue weighted by Gasteiger charge is 2.72. The second-order valence-corrected chi connectivity index (χ2v) is 15.1. The van der Waals surface area contributed by atoms with Crippen LogP contribution < -0.4 is 0 Å². The normalized spacial score (nSPS) is 52.6. The summed E-state index contributed by atoms with van der Waals surface area (Å²) in [5.41, 5.74) is -2.27. The predicted molar refractivity (Wildman–Crippen MR) is 133 cm³/mol. The predicted octanol–water partition coefficient (Wildman–Crippen LogP) is 4.68. The van der Waals surface area contributed by atoms with E-state index in [1.165, 1.54) is 0 Å². The maximum Gasteiger partial charge on any atom is 0.162 e. The van der Waals surface area contributed by atoms with Gasteiger partial charge in [0, 0.05) is 35.0 Å². The van der Waals surface area contributed by atoms with Crippen molar-refractivity contribution in [3.8, 4) is 0 Å². The summed E-state index contributed by atoms with van der Waals surface area (Å²) in [6, 6.07) is 0. The lowest BCUT2D eigenvalue weighted by atomic mass is 9.33. The SMILES string of the molecule is CC1(C)CC2C(C)(CC1=O)C(=O)C=C1C2(C)CC(O)C2C1(C)CC(O)C1C(C)(C)C(=O)CCC12C. The van der Waals surface area contributed by atoms with Crippen LogP contribution in [0.15, 0.2) is 11.6 Å². The smallest absolute Gasteiger partial charge is 0.162 e. The van der Waals surface area contributed by atoms with Gasteiger partial charge in [-0.1, -0.05) is 61.0 Å². The van der Waals surface area contributed by atoms with E-state index in [-0.39, 0.29) is 41.5 Å². The number of Topliss-reactive ketones (excluding diaryl/α,β-unsaturated/α-hetero) is 2. The highest BCUT2D eigenvalue weighted by molar-refractivity contribution is 6.02. The van der Waals surface area contributed by atoms with Crippen LogP contribution >= 0.6 is 0 Å². The molecule has 0 aliphatic heterocycles. The van der Waals surface area contributed by atoms with E-state index < -0.39 is 44.7 Å². The van der Waals surface area contributed by atoms with Gasteiger partial charge in [-0.05, 0) is 59.8 Å². The minimum atomic E-state index is -0.757. The Hall–Kier alpha value is -1.33. The zero-order valence-corrected chi connectivity index (χ0v) is 22.8. The average molecular weight is 485 g/mol. The van der Waals surface area contributed by atoms with Crippen molar-refractivity contribution in [2.45, 2.75) is 106 Å². The van der Waals surface area contributed by atoms with Crippen LogP contribution in [-0.2, 0) is 14.4 Å². The fourth-order valence-electron chi connectivity index (χ4n) is 10.7. The summed E-state index contributed by atoms with van der Waals surface area (Å²) in [6.07, 6.45) is 3.48. The topological polar surface area (TPSA) is 91.7 Å². The van der Waals surface area contributed by atoms with E-state index in [1.807, 2.05) is 40.7 Å². The van der Waals surface area contributed by atoms with Crippen molar-refractivity contribution < 1.29 is 24.6 Å². The Kier molecular flexibility index (Phi) is 5.03. The fraction of sp³-hybridized carbons (Fsp3) is 0.833. The Labute approximate surface area is 210 Å². The number of hydrogen-bond acceptors (Lipinski definition) is 5. The number of aliphatic hydroxyl groups is 2. The van der Waals surface area contributed by atoms with Crippen molar-refractivity contribution in [1.29, 1.82) is 0 Å². The number of aliphatic hydroxyl groups excluding tert-OH is 2. The molecule has 5 aliphatic rings. The van der Waals surface area contributed by atoms with E-state index in [0.29, 0.717) is 32.1 Å². The van der Waals surface area contributed by atoms with Gasteiger partial charge in [-0.25, -0.2) is 0 Å². The first-order valence-corrected chi connectivity index (χ1v) is 13.6. The summed E-state index contributed by atoms with van der Waals surface area (Å²) < 4.78 is 0. The summed E-state index contributed by atoms with van der Waals surface area (Å²) in [5, 5.41) is 23.6. The van der Waals surface area contributed by atoms with E-state index in [9.17, 15) is 24.6 Å². The quantitative estimate of drug-likeness (QED) is 0.521. The van der Waals surface area contributed by atoms with Crippen LogP contribution in [0.2, 0.25) is 0 Å². The maximum absolute atomic E-state index is 13.8. The number of carbonyl (C=O) groups excluding carboxylic acids is 3. The van der Waals surface area contributed by atoms with Crippen molar-refractivity contribution in [3.63, 3.8) is 0 Å². The van der Waals surface area contributed by atoms with Crippen molar-refractivity contribution in [3.05, 3.63) is 11.6 Å². The van der Waals surface area contributed by atoms with E-state index in [1.54, 1.807) is 0 Å². The lowest BCUT2D eigenvalue weighted by molar-refractivity contribution is -0.225. The van der Waals surface area contributed by atoms with Gasteiger partial charge < -0.3 is 10.2 Å². The van der Waals surface area contributed by atoms with E-state index >= 15 is 0 Å². The second-order valence-electron chi connectivity index (χ2n) is 15.1. The summed E-state index contributed by atoms with van der Waals surface area (Å²) in [5.74, 6) is -0.0706. The number of carbonyl (C=O) groups is 3. The zero-order valence-electron chi connectivity index (χ0n) is 22.8. The van der Waals surface area contributed by atoms with E-state index in [0.717, 1.165) is 5.57 Å². The lowest BCUT2D eigenvalue weighted by Crippen LogP contribution is -2.70. The summed E-state index contributed by atoms with van der Waals surface area (Å²) >= 11 is 0. The molecule has 5 rings (SSSR count). The van der Waals surface area contributed by atoms with Gasteiger partial charge in [0.05, 0.1) is 12.2 Å². The molecule has 0 aromatic carbocycles. The first-order valence-electron chi connectivity index (χ1n) is 13.6. The Bertz CT molecular complexity index is 1050.